The van der Waals surface area contributed by atoms with Crippen molar-refractivity contribution >= 4 is 17.4 Å². The zero-order chi connectivity index (χ0) is 18.0. The van der Waals surface area contributed by atoms with Gasteiger partial charge >= 0.3 is 6.03 Å². The predicted octanol–water partition coefficient (Wildman–Crippen LogP) is 4.12. The number of carbonyl (C=O) groups is 1. The molecule has 0 bridgehead atoms. The van der Waals surface area contributed by atoms with Gasteiger partial charge in [0.1, 0.15) is 6.10 Å². The fourth-order valence-corrected chi connectivity index (χ4v) is 3.38. The summed E-state index contributed by atoms with van der Waals surface area (Å²) in [5, 5.41) is 9.96. The molecule has 0 fully saturated rings. The van der Waals surface area contributed by atoms with Crippen LogP contribution in [0.2, 0.25) is 0 Å². The number of fused-ring (bicyclic) bond motifs is 1. The Bertz CT molecular complexity index is 676. The van der Waals surface area contributed by atoms with E-state index in [2.05, 4.69) is 55.6 Å². The molecule has 0 saturated heterocycles. The molecule has 1 aliphatic heterocycles. The van der Waals surface area contributed by atoms with Crippen LogP contribution in [0, 0.1) is 11.3 Å². The zero-order valence-electron chi connectivity index (χ0n) is 15.7. The summed E-state index contributed by atoms with van der Waals surface area (Å²) in [4.78, 5) is 17.6. The van der Waals surface area contributed by atoms with Gasteiger partial charge < -0.3 is 15.5 Å². The molecule has 2 unspecified atom stereocenters. The van der Waals surface area contributed by atoms with E-state index in [1.807, 2.05) is 6.07 Å². The first-order valence-electron chi connectivity index (χ1n) is 9.21. The van der Waals surface area contributed by atoms with Crippen molar-refractivity contribution in [3.63, 3.8) is 0 Å². The molecule has 2 N–H and O–H groups in total. The highest BCUT2D eigenvalue weighted by molar-refractivity contribution is 5.91. The molecule has 136 valence electrons. The SMILES string of the molecule is CC1CCc2cc(NC(=O)NCC3CC(C(C)(C)C)=NO3)ccc2C1. The lowest BCUT2D eigenvalue weighted by Gasteiger charge is -2.22. The molecule has 1 aromatic rings. The van der Waals surface area contributed by atoms with E-state index in [1.165, 1.54) is 17.5 Å². The number of oxime groups is 1. The molecule has 2 amide bonds. The van der Waals surface area contributed by atoms with Crippen LogP contribution >= 0.6 is 0 Å². The minimum atomic E-state index is -0.197. The van der Waals surface area contributed by atoms with Crippen LogP contribution in [0.25, 0.3) is 0 Å². The second-order valence-electron chi connectivity index (χ2n) is 8.39. The van der Waals surface area contributed by atoms with Crippen molar-refractivity contribution in [2.45, 2.75) is 59.5 Å². The Kier molecular flexibility index (Phi) is 5.02. The second kappa shape index (κ2) is 7.06. The summed E-state index contributed by atoms with van der Waals surface area (Å²) in [6.45, 7) is 9.11. The number of rotatable bonds is 3. The Labute approximate surface area is 150 Å². The zero-order valence-corrected chi connectivity index (χ0v) is 15.7. The van der Waals surface area contributed by atoms with Gasteiger partial charge in [-0.3, -0.25) is 0 Å². The molecule has 3 rings (SSSR count). The van der Waals surface area contributed by atoms with Gasteiger partial charge in [0, 0.05) is 17.5 Å². The van der Waals surface area contributed by atoms with E-state index in [0.29, 0.717) is 6.54 Å². The van der Waals surface area contributed by atoms with E-state index in [1.54, 1.807) is 0 Å². The number of amides is 2. The lowest BCUT2D eigenvalue weighted by Crippen LogP contribution is -2.36. The predicted molar refractivity (Wildman–Crippen MR) is 101 cm³/mol. The van der Waals surface area contributed by atoms with E-state index in [-0.39, 0.29) is 17.6 Å². The Hall–Kier alpha value is -2.04. The maximum Gasteiger partial charge on any atom is 0.319 e. The van der Waals surface area contributed by atoms with E-state index < -0.39 is 0 Å². The number of nitrogens with one attached hydrogen (secondary N) is 2. The Balaban J connectivity index is 1.48. The van der Waals surface area contributed by atoms with Crippen molar-refractivity contribution in [2.24, 2.45) is 16.5 Å². The molecular weight excluding hydrogens is 314 g/mol. The van der Waals surface area contributed by atoms with Crippen molar-refractivity contribution in [2.75, 3.05) is 11.9 Å². The topological polar surface area (TPSA) is 62.7 Å². The molecule has 1 aliphatic carbocycles. The van der Waals surface area contributed by atoms with Gasteiger partial charge in [-0.15, -0.1) is 0 Å². The summed E-state index contributed by atoms with van der Waals surface area (Å²) in [7, 11) is 0. The molecule has 0 spiro atoms. The van der Waals surface area contributed by atoms with Crippen molar-refractivity contribution < 1.29 is 9.63 Å². The van der Waals surface area contributed by atoms with Gasteiger partial charge in [0.05, 0.1) is 12.3 Å². The second-order valence-corrected chi connectivity index (χ2v) is 8.39. The van der Waals surface area contributed by atoms with Crippen LogP contribution in [-0.2, 0) is 17.7 Å². The van der Waals surface area contributed by atoms with E-state index in [4.69, 9.17) is 4.84 Å². The number of carbonyl (C=O) groups excluding carboxylic acids is 1. The smallest absolute Gasteiger partial charge is 0.319 e. The largest absolute Gasteiger partial charge is 0.390 e. The molecule has 0 aromatic heterocycles. The normalized spacial score (nSPS) is 22.6. The first kappa shape index (κ1) is 17.8. The lowest BCUT2D eigenvalue weighted by atomic mass is 9.85. The van der Waals surface area contributed by atoms with Gasteiger partial charge in [0.2, 0.25) is 0 Å². The number of urea groups is 1. The van der Waals surface area contributed by atoms with Crippen LogP contribution in [0.3, 0.4) is 0 Å². The highest BCUT2D eigenvalue weighted by atomic mass is 16.6. The minimum absolute atomic E-state index is 0.0115. The number of hydrogen-bond acceptors (Lipinski definition) is 3. The van der Waals surface area contributed by atoms with Gasteiger partial charge in [-0.25, -0.2) is 4.79 Å². The lowest BCUT2D eigenvalue weighted by molar-refractivity contribution is 0.0869. The van der Waals surface area contributed by atoms with Crippen molar-refractivity contribution in [3.8, 4) is 0 Å². The maximum atomic E-state index is 12.2. The first-order valence-corrected chi connectivity index (χ1v) is 9.21. The van der Waals surface area contributed by atoms with Crippen molar-refractivity contribution in [1.29, 1.82) is 0 Å². The molecule has 2 aliphatic rings. The monoisotopic (exact) mass is 343 g/mol. The van der Waals surface area contributed by atoms with E-state index >= 15 is 0 Å². The van der Waals surface area contributed by atoms with Crippen LogP contribution in [0.4, 0.5) is 10.5 Å². The molecule has 1 heterocycles. The third kappa shape index (κ3) is 4.53. The van der Waals surface area contributed by atoms with Gasteiger partial charge in [0.25, 0.3) is 0 Å². The molecular formula is C20H29N3O2. The summed E-state index contributed by atoms with van der Waals surface area (Å²) in [6, 6.07) is 6.04. The Morgan fingerprint density at radius 2 is 2.08 bits per heavy atom. The fourth-order valence-electron chi connectivity index (χ4n) is 3.38. The van der Waals surface area contributed by atoms with Crippen molar-refractivity contribution in [1.82, 2.24) is 5.32 Å². The molecule has 25 heavy (non-hydrogen) atoms. The summed E-state index contributed by atoms with van der Waals surface area (Å²) >= 11 is 0. The van der Waals surface area contributed by atoms with E-state index in [0.717, 1.165) is 36.6 Å². The van der Waals surface area contributed by atoms with Gasteiger partial charge in [-0.1, -0.05) is 38.9 Å². The highest BCUT2D eigenvalue weighted by Gasteiger charge is 2.29. The van der Waals surface area contributed by atoms with Gasteiger partial charge in [-0.05, 0) is 48.4 Å². The third-order valence-electron chi connectivity index (χ3n) is 5.03. The van der Waals surface area contributed by atoms with E-state index in [9.17, 15) is 4.79 Å². The minimum Gasteiger partial charge on any atom is -0.390 e. The van der Waals surface area contributed by atoms with Crippen molar-refractivity contribution in [3.05, 3.63) is 29.3 Å². The summed E-state index contributed by atoms with van der Waals surface area (Å²) in [5.41, 5.74) is 4.68. The fraction of sp³-hybridized carbons (Fsp3) is 0.600. The maximum absolute atomic E-state index is 12.2. The standard InChI is InChI=1S/C20H29N3O2/c1-13-5-6-15-10-16(8-7-14(15)9-13)22-19(24)21-12-17-11-18(23-25-17)20(2,3)4/h7-8,10,13,17H,5-6,9,11-12H2,1-4H3,(H2,21,22,24). The summed E-state index contributed by atoms with van der Waals surface area (Å²) in [6.07, 6.45) is 4.14. The Morgan fingerprint density at radius 3 is 2.80 bits per heavy atom. The molecule has 5 heteroatoms. The average Bonchev–Trinajstić information content (AvgIpc) is 3.02. The van der Waals surface area contributed by atoms with Crippen LogP contribution < -0.4 is 10.6 Å². The molecule has 5 nitrogen and oxygen atoms in total. The quantitative estimate of drug-likeness (QED) is 0.867. The van der Waals surface area contributed by atoms with Gasteiger partial charge in [-0.2, -0.15) is 0 Å². The molecule has 2 atom stereocenters. The molecule has 0 saturated carbocycles. The number of aryl methyl sites for hydroxylation is 1. The first-order chi connectivity index (χ1) is 11.8. The summed E-state index contributed by atoms with van der Waals surface area (Å²) in [5.74, 6) is 0.751. The highest BCUT2D eigenvalue weighted by Crippen LogP contribution is 2.27. The van der Waals surface area contributed by atoms with Gasteiger partial charge in [0.15, 0.2) is 0 Å². The van der Waals surface area contributed by atoms with Crippen LogP contribution in [0.15, 0.2) is 23.4 Å². The van der Waals surface area contributed by atoms with Crippen LogP contribution in [0.5, 0.6) is 0 Å². The number of benzene rings is 1. The number of hydrogen-bond donors (Lipinski definition) is 2. The van der Waals surface area contributed by atoms with Crippen LogP contribution in [-0.4, -0.2) is 24.4 Å². The Morgan fingerprint density at radius 1 is 1.28 bits per heavy atom. The third-order valence-corrected chi connectivity index (χ3v) is 5.03. The number of anilines is 1. The average molecular weight is 343 g/mol. The molecule has 0 radical (unpaired) electrons. The number of nitrogens with zero attached hydrogens (tertiary/aromatic N) is 1. The molecule has 1 aromatic carbocycles. The summed E-state index contributed by atoms with van der Waals surface area (Å²) < 4.78 is 0. The van der Waals surface area contributed by atoms with Crippen LogP contribution in [0.1, 0.15) is 51.7 Å².